The molecule has 0 rings (SSSR count). The highest BCUT2D eigenvalue weighted by atomic mass is 16.4. The fraction of sp³-hybridized carbons (Fsp3) is 0.636. The van der Waals surface area contributed by atoms with E-state index in [4.69, 9.17) is 26.2 Å². The van der Waals surface area contributed by atoms with Gasteiger partial charge in [-0.3, -0.25) is 19.2 Å². The van der Waals surface area contributed by atoms with Gasteiger partial charge in [0.2, 0.25) is 0 Å². The van der Waals surface area contributed by atoms with Crippen LogP contribution in [0.2, 0.25) is 0 Å². The molecule has 0 aliphatic carbocycles. The van der Waals surface area contributed by atoms with Crippen LogP contribution in [-0.2, 0) is 19.2 Å². The summed E-state index contributed by atoms with van der Waals surface area (Å²) in [6, 6.07) is -3.75. The summed E-state index contributed by atoms with van der Waals surface area (Å²) >= 11 is 0. The van der Waals surface area contributed by atoms with Crippen molar-refractivity contribution < 1.29 is 39.6 Å². The summed E-state index contributed by atoms with van der Waals surface area (Å²) in [5, 5.41) is 39.7. The number of nitrogens with two attached hydrogens (primary N) is 1. The van der Waals surface area contributed by atoms with Crippen molar-refractivity contribution in [2.45, 2.75) is 31.0 Å². The summed E-state index contributed by atoms with van der Waals surface area (Å²) in [4.78, 5) is 42.8. The van der Waals surface area contributed by atoms with Crippen LogP contribution in [0.4, 0.5) is 0 Å². The molecule has 0 radical (unpaired) electrons. The molecule has 0 aliphatic heterocycles. The number of carboxylic acid groups (broad SMARTS) is 4. The maximum Gasteiger partial charge on any atom is 0.321 e. The highest BCUT2D eigenvalue weighted by Gasteiger charge is 2.23. The first kappa shape index (κ1) is 19.8. The normalized spacial score (nSPS) is 14.8. The van der Waals surface area contributed by atoms with Crippen molar-refractivity contribution in [2.24, 2.45) is 5.73 Å². The Morgan fingerprint density at radius 2 is 1.41 bits per heavy atom. The van der Waals surface area contributed by atoms with Crippen LogP contribution in [-0.4, -0.2) is 75.5 Å². The van der Waals surface area contributed by atoms with Gasteiger partial charge in [-0.05, 0) is 13.0 Å². The first-order valence-electron chi connectivity index (χ1n) is 6.27. The molecule has 1 unspecified atom stereocenters. The summed E-state index contributed by atoms with van der Waals surface area (Å²) < 4.78 is 0. The number of hydrogen-bond donors (Lipinski definition) is 7. The van der Waals surface area contributed by atoms with Gasteiger partial charge in [-0.2, -0.15) is 0 Å². The van der Waals surface area contributed by atoms with E-state index in [2.05, 4.69) is 10.6 Å². The van der Waals surface area contributed by atoms with Crippen LogP contribution in [0.25, 0.3) is 0 Å². The van der Waals surface area contributed by atoms with Gasteiger partial charge >= 0.3 is 23.9 Å². The molecule has 11 heteroatoms. The zero-order valence-electron chi connectivity index (χ0n) is 11.6. The molecular formula is C11H19N3O8. The molecule has 0 aromatic heterocycles. The Bertz CT molecular complexity index is 428. The molecule has 0 saturated heterocycles. The van der Waals surface area contributed by atoms with Crippen LogP contribution < -0.4 is 16.4 Å². The van der Waals surface area contributed by atoms with Gasteiger partial charge in [0.1, 0.15) is 18.1 Å². The minimum atomic E-state index is -1.37. The molecule has 0 saturated carbocycles. The fourth-order valence-corrected chi connectivity index (χ4v) is 1.49. The van der Waals surface area contributed by atoms with E-state index in [-0.39, 0.29) is 19.5 Å². The molecule has 126 valence electrons. The maximum atomic E-state index is 11.0. The number of hydrogen-bond acceptors (Lipinski definition) is 7. The quantitative estimate of drug-likeness (QED) is 0.198. The lowest BCUT2D eigenvalue weighted by molar-refractivity contribution is -0.146. The summed E-state index contributed by atoms with van der Waals surface area (Å²) in [5.41, 5.74) is 5.22. The number of aliphatic carboxylic acids is 4. The molecule has 0 aliphatic rings. The molecule has 0 heterocycles. The molecule has 0 aromatic rings. The zero-order chi connectivity index (χ0) is 17.3. The van der Waals surface area contributed by atoms with Crippen molar-refractivity contribution in [1.29, 1.82) is 0 Å². The predicted molar refractivity (Wildman–Crippen MR) is 71.3 cm³/mol. The number of carbonyl (C=O) groups is 4. The van der Waals surface area contributed by atoms with Crippen LogP contribution in [0.3, 0.4) is 0 Å². The second-order valence-electron chi connectivity index (χ2n) is 4.48. The van der Waals surface area contributed by atoms with Gasteiger partial charge in [-0.1, -0.05) is 0 Å². The highest BCUT2D eigenvalue weighted by Crippen LogP contribution is 1.96. The molecule has 22 heavy (non-hydrogen) atoms. The average Bonchev–Trinajstić information content (AvgIpc) is 2.39. The van der Waals surface area contributed by atoms with Gasteiger partial charge in [-0.15, -0.1) is 0 Å². The molecule has 0 spiro atoms. The third-order valence-corrected chi connectivity index (χ3v) is 2.70. The highest BCUT2D eigenvalue weighted by molar-refractivity contribution is 5.80. The van der Waals surface area contributed by atoms with Gasteiger partial charge in [0.25, 0.3) is 0 Å². The lowest BCUT2D eigenvalue weighted by Crippen LogP contribution is -2.48. The molecule has 11 nitrogen and oxygen atoms in total. The second kappa shape index (κ2) is 9.65. The van der Waals surface area contributed by atoms with Crippen LogP contribution >= 0.6 is 0 Å². The Hall–Kier alpha value is -2.24. The lowest BCUT2D eigenvalue weighted by atomic mass is 10.1. The maximum absolute atomic E-state index is 11.0. The Morgan fingerprint density at radius 1 is 0.864 bits per heavy atom. The minimum Gasteiger partial charge on any atom is -0.481 e. The van der Waals surface area contributed by atoms with Crippen LogP contribution in [0.1, 0.15) is 12.8 Å². The van der Waals surface area contributed by atoms with E-state index in [0.29, 0.717) is 0 Å². The summed E-state index contributed by atoms with van der Waals surface area (Å²) in [6.45, 7) is -0.361. The zero-order valence-corrected chi connectivity index (χ0v) is 11.6. The lowest BCUT2D eigenvalue weighted by Gasteiger charge is -2.18. The van der Waals surface area contributed by atoms with Crippen molar-refractivity contribution >= 4 is 23.9 Å². The van der Waals surface area contributed by atoms with E-state index >= 15 is 0 Å². The van der Waals surface area contributed by atoms with Crippen molar-refractivity contribution in [1.82, 2.24) is 10.6 Å². The van der Waals surface area contributed by atoms with E-state index in [1.165, 1.54) is 0 Å². The Morgan fingerprint density at radius 3 is 1.82 bits per heavy atom. The Labute approximate surface area is 125 Å². The second-order valence-corrected chi connectivity index (χ2v) is 4.48. The SMILES string of the molecule is N[C@@H](CNC(CCN[C@@H](CC(=O)O)C(=O)O)C(=O)O)C(=O)O. The Balaban J connectivity index is 4.34. The third kappa shape index (κ3) is 8.14. The van der Waals surface area contributed by atoms with Crippen LogP contribution in [0, 0.1) is 0 Å². The summed E-state index contributed by atoms with van der Waals surface area (Å²) in [6.07, 6.45) is -0.727. The molecule has 0 aromatic carbocycles. The number of carboxylic acids is 4. The molecule has 0 amide bonds. The minimum absolute atomic E-state index is 0.0783. The predicted octanol–water partition coefficient (Wildman–Crippen LogP) is -2.65. The van der Waals surface area contributed by atoms with E-state index < -0.39 is 48.4 Å². The molecular weight excluding hydrogens is 302 g/mol. The first-order valence-corrected chi connectivity index (χ1v) is 6.27. The summed E-state index contributed by atoms with van der Waals surface area (Å²) in [7, 11) is 0. The summed E-state index contributed by atoms with van der Waals surface area (Å²) in [5.74, 6) is -5.22. The Kier molecular flexibility index (Phi) is 8.67. The van der Waals surface area contributed by atoms with E-state index in [1.54, 1.807) is 0 Å². The van der Waals surface area contributed by atoms with Crippen molar-refractivity contribution in [2.75, 3.05) is 13.1 Å². The van der Waals surface area contributed by atoms with Crippen molar-refractivity contribution in [3.63, 3.8) is 0 Å². The standard InChI is InChI=1S/C11H19N3O8/c12-5(9(17)18)4-14-6(10(19)20)1-2-13-7(11(21)22)3-8(15)16/h5-7,13-14H,1-4,12H2,(H,15,16)(H,17,18)(H,19,20)(H,21,22)/t5-,6?,7-/m0/s1. The van der Waals surface area contributed by atoms with E-state index in [9.17, 15) is 19.2 Å². The first-order chi connectivity index (χ1) is 10.1. The number of nitrogens with one attached hydrogen (secondary N) is 2. The van der Waals surface area contributed by atoms with Crippen molar-refractivity contribution in [3.8, 4) is 0 Å². The topological polar surface area (TPSA) is 199 Å². The van der Waals surface area contributed by atoms with Gasteiger partial charge in [-0.25, -0.2) is 0 Å². The average molecular weight is 321 g/mol. The molecule has 3 atom stereocenters. The largest absolute Gasteiger partial charge is 0.481 e. The van der Waals surface area contributed by atoms with Gasteiger partial charge in [0.15, 0.2) is 0 Å². The monoisotopic (exact) mass is 321 g/mol. The van der Waals surface area contributed by atoms with E-state index in [0.717, 1.165) is 0 Å². The van der Waals surface area contributed by atoms with Crippen LogP contribution in [0.5, 0.6) is 0 Å². The third-order valence-electron chi connectivity index (χ3n) is 2.70. The number of rotatable bonds is 12. The van der Waals surface area contributed by atoms with E-state index in [1.807, 2.05) is 0 Å². The van der Waals surface area contributed by atoms with Gasteiger partial charge < -0.3 is 36.8 Å². The van der Waals surface area contributed by atoms with Gasteiger partial charge in [0.05, 0.1) is 6.42 Å². The molecule has 0 fully saturated rings. The molecule has 0 bridgehead atoms. The molecule has 8 N–H and O–H groups in total. The fourth-order valence-electron chi connectivity index (χ4n) is 1.49. The van der Waals surface area contributed by atoms with Crippen molar-refractivity contribution in [3.05, 3.63) is 0 Å². The van der Waals surface area contributed by atoms with Crippen LogP contribution in [0.15, 0.2) is 0 Å². The smallest absolute Gasteiger partial charge is 0.321 e. The van der Waals surface area contributed by atoms with Gasteiger partial charge in [0, 0.05) is 6.54 Å².